The smallest absolute Gasteiger partial charge is 0.187 e. The van der Waals surface area contributed by atoms with Gasteiger partial charge in [0.05, 0.1) is 5.68 Å². The minimum Gasteiger partial charge on any atom is -0.312 e. The van der Waals surface area contributed by atoms with E-state index in [-0.39, 0.29) is 0 Å². The molecule has 0 aliphatic rings. The van der Waals surface area contributed by atoms with E-state index in [0.717, 1.165) is 12.8 Å². The van der Waals surface area contributed by atoms with Crippen molar-refractivity contribution in [3.63, 3.8) is 0 Å². The third-order valence-electron chi connectivity index (χ3n) is 1.31. The molecule has 1 atom stereocenters. The average molecular weight is 144 g/mol. The van der Waals surface area contributed by atoms with Crippen LogP contribution < -0.4 is 0 Å². The first-order chi connectivity index (χ1) is 4.16. The maximum Gasteiger partial charge on any atom is 0.187 e. The van der Waals surface area contributed by atoms with Crippen molar-refractivity contribution in [2.24, 2.45) is 0 Å². The van der Waals surface area contributed by atoms with Gasteiger partial charge in [0.15, 0.2) is 7.85 Å². The highest BCUT2D eigenvalue weighted by molar-refractivity contribution is 7.99. The van der Waals surface area contributed by atoms with Gasteiger partial charge in [-0.15, -0.1) is 0 Å². The highest BCUT2D eigenvalue weighted by atomic mass is 32.2. The summed E-state index contributed by atoms with van der Waals surface area (Å²) in [5.74, 6) is 0. The van der Waals surface area contributed by atoms with Crippen LogP contribution in [-0.2, 0) is 4.79 Å². The van der Waals surface area contributed by atoms with Crippen molar-refractivity contribution >= 4 is 25.3 Å². The molecular formula is C6H13BOS. The Morgan fingerprint density at radius 1 is 1.78 bits per heavy atom. The predicted molar refractivity (Wildman–Crippen MR) is 45.8 cm³/mol. The SMILES string of the molecule is BC(=O)CCC(C)SC. The maximum absolute atomic E-state index is 10.5. The highest BCUT2D eigenvalue weighted by Crippen LogP contribution is 2.10. The summed E-state index contributed by atoms with van der Waals surface area (Å²) in [5, 5.41) is 0.633. The first kappa shape index (κ1) is 9.08. The second-order valence-corrected chi connectivity index (χ2v) is 3.56. The van der Waals surface area contributed by atoms with E-state index in [0.29, 0.717) is 10.9 Å². The molecule has 0 fully saturated rings. The van der Waals surface area contributed by atoms with Crippen molar-refractivity contribution < 1.29 is 4.79 Å². The normalized spacial score (nSPS) is 13.1. The van der Waals surface area contributed by atoms with E-state index in [1.165, 1.54) is 0 Å². The molecule has 1 nitrogen and oxygen atoms in total. The van der Waals surface area contributed by atoms with Crippen LogP contribution >= 0.6 is 11.8 Å². The largest absolute Gasteiger partial charge is 0.312 e. The van der Waals surface area contributed by atoms with Crippen LogP contribution in [-0.4, -0.2) is 25.0 Å². The Morgan fingerprint density at radius 2 is 2.33 bits per heavy atom. The summed E-state index contributed by atoms with van der Waals surface area (Å²) in [4.78, 5) is 10.5. The molecule has 0 saturated heterocycles. The molecule has 3 heteroatoms. The third-order valence-corrected chi connectivity index (χ3v) is 2.35. The van der Waals surface area contributed by atoms with Crippen LogP contribution in [0, 0.1) is 0 Å². The minimum atomic E-state index is 0.302. The Balaban J connectivity index is 3.16. The summed E-state index contributed by atoms with van der Waals surface area (Å²) in [6.45, 7) is 2.15. The topological polar surface area (TPSA) is 17.1 Å². The quantitative estimate of drug-likeness (QED) is 0.539. The van der Waals surface area contributed by atoms with E-state index >= 15 is 0 Å². The van der Waals surface area contributed by atoms with Crippen molar-refractivity contribution in [1.82, 2.24) is 0 Å². The number of hydrogen-bond acceptors (Lipinski definition) is 2. The van der Waals surface area contributed by atoms with Crippen molar-refractivity contribution in [1.29, 1.82) is 0 Å². The van der Waals surface area contributed by atoms with Crippen LogP contribution in [0.5, 0.6) is 0 Å². The lowest BCUT2D eigenvalue weighted by molar-refractivity contribution is -0.111. The summed E-state index contributed by atoms with van der Waals surface area (Å²) in [6.07, 6.45) is 3.84. The molecule has 0 spiro atoms. The van der Waals surface area contributed by atoms with Gasteiger partial charge in [-0.1, -0.05) is 6.92 Å². The molecular weight excluding hydrogens is 131 g/mol. The highest BCUT2D eigenvalue weighted by Gasteiger charge is 1.99. The molecule has 0 aliphatic carbocycles. The zero-order valence-corrected chi connectivity index (χ0v) is 7.12. The zero-order chi connectivity index (χ0) is 7.28. The molecule has 0 aromatic rings. The van der Waals surface area contributed by atoms with E-state index in [1.807, 2.05) is 11.8 Å². The standard InChI is InChI=1S/C6H13BOS/c1-5(9-2)3-4-6(7)8/h5H,3-4,7H2,1-2H3. The Morgan fingerprint density at radius 3 is 2.67 bits per heavy atom. The Kier molecular flexibility index (Phi) is 4.96. The lowest BCUT2D eigenvalue weighted by atomic mass is 9.97. The lowest BCUT2D eigenvalue weighted by Crippen LogP contribution is -2.01. The van der Waals surface area contributed by atoms with Gasteiger partial charge in [0.25, 0.3) is 0 Å². The van der Waals surface area contributed by atoms with E-state index < -0.39 is 0 Å². The average Bonchev–Trinajstić information content (AvgIpc) is 1.83. The number of carbonyl (C=O) groups is 1. The molecule has 0 heterocycles. The number of hydrogen-bond donors (Lipinski definition) is 0. The Hall–Kier alpha value is 0.0849. The van der Waals surface area contributed by atoms with Gasteiger partial charge in [0, 0.05) is 5.25 Å². The fourth-order valence-electron chi connectivity index (χ4n) is 0.524. The van der Waals surface area contributed by atoms with E-state index in [9.17, 15) is 4.79 Å². The van der Waals surface area contributed by atoms with E-state index in [4.69, 9.17) is 0 Å². The molecule has 9 heavy (non-hydrogen) atoms. The first-order valence-electron chi connectivity index (χ1n) is 3.19. The molecule has 0 amide bonds. The van der Waals surface area contributed by atoms with Crippen molar-refractivity contribution in [2.45, 2.75) is 25.0 Å². The lowest BCUT2D eigenvalue weighted by Gasteiger charge is -2.04. The van der Waals surface area contributed by atoms with Crippen molar-refractivity contribution in [2.75, 3.05) is 6.26 Å². The van der Waals surface area contributed by atoms with Gasteiger partial charge in [-0.2, -0.15) is 11.8 Å². The Bertz CT molecular complexity index is 95.1. The molecule has 0 saturated carbocycles. The predicted octanol–water partition coefficient (Wildman–Crippen LogP) is 0.678. The third kappa shape index (κ3) is 5.96. The molecule has 1 unspecified atom stereocenters. The van der Waals surface area contributed by atoms with E-state index in [1.54, 1.807) is 7.85 Å². The van der Waals surface area contributed by atoms with Crippen LogP contribution in [0.25, 0.3) is 0 Å². The number of thioether (sulfide) groups is 1. The molecule has 0 aliphatic heterocycles. The van der Waals surface area contributed by atoms with Crippen molar-refractivity contribution in [3.05, 3.63) is 0 Å². The van der Waals surface area contributed by atoms with Crippen LogP contribution in [0.1, 0.15) is 19.8 Å². The van der Waals surface area contributed by atoms with Crippen LogP contribution in [0.2, 0.25) is 0 Å². The summed E-state index contributed by atoms with van der Waals surface area (Å²) >= 11 is 1.81. The number of carbonyl (C=O) groups excluding carboxylic acids is 1. The van der Waals surface area contributed by atoms with Crippen LogP contribution in [0.4, 0.5) is 0 Å². The van der Waals surface area contributed by atoms with Gasteiger partial charge >= 0.3 is 0 Å². The first-order valence-corrected chi connectivity index (χ1v) is 4.48. The fraction of sp³-hybridized carbons (Fsp3) is 0.833. The summed E-state index contributed by atoms with van der Waals surface area (Å²) in [7, 11) is 1.65. The molecule has 0 N–H and O–H groups in total. The van der Waals surface area contributed by atoms with Gasteiger partial charge in [0.1, 0.15) is 0 Å². The summed E-state index contributed by atoms with van der Waals surface area (Å²) in [6, 6.07) is 0. The molecule has 0 aromatic carbocycles. The van der Waals surface area contributed by atoms with E-state index in [2.05, 4.69) is 13.2 Å². The molecule has 0 aromatic heterocycles. The summed E-state index contributed by atoms with van der Waals surface area (Å²) in [5.41, 5.74) is 0.302. The maximum atomic E-state index is 10.5. The van der Waals surface area contributed by atoms with Crippen molar-refractivity contribution in [3.8, 4) is 0 Å². The van der Waals surface area contributed by atoms with Gasteiger partial charge in [-0.05, 0) is 19.1 Å². The minimum absolute atomic E-state index is 0.302. The van der Waals surface area contributed by atoms with Crippen LogP contribution in [0.15, 0.2) is 0 Å². The van der Waals surface area contributed by atoms with Gasteiger partial charge in [-0.25, -0.2) is 0 Å². The number of rotatable bonds is 4. The molecule has 0 bridgehead atoms. The molecule has 0 rings (SSSR count). The summed E-state index contributed by atoms with van der Waals surface area (Å²) < 4.78 is 0. The van der Waals surface area contributed by atoms with Gasteiger partial charge in [-0.3, -0.25) is 0 Å². The molecule has 0 radical (unpaired) electrons. The second kappa shape index (κ2) is 4.92. The second-order valence-electron chi connectivity index (χ2n) is 2.29. The fourth-order valence-corrected chi connectivity index (χ4v) is 0.878. The molecule has 52 valence electrons. The van der Waals surface area contributed by atoms with Gasteiger partial charge < -0.3 is 4.79 Å². The van der Waals surface area contributed by atoms with Crippen LogP contribution in [0.3, 0.4) is 0 Å². The van der Waals surface area contributed by atoms with Gasteiger partial charge in [0.2, 0.25) is 0 Å². The zero-order valence-electron chi connectivity index (χ0n) is 6.31. The Labute approximate surface area is 62.0 Å². The monoisotopic (exact) mass is 144 g/mol.